The minimum atomic E-state index is -1.38. The minimum Gasteiger partial charge on any atom is -0.508 e. The second kappa shape index (κ2) is 7.53. The third-order valence-electron chi connectivity index (χ3n) is 5.15. The van der Waals surface area contributed by atoms with E-state index in [4.69, 9.17) is 0 Å². The van der Waals surface area contributed by atoms with Crippen molar-refractivity contribution in [3.8, 4) is 5.75 Å². The molecular weight excluding hydrogens is 306 g/mol. The Morgan fingerprint density at radius 1 is 1.38 bits per heavy atom. The summed E-state index contributed by atoms with van der Waals surface area (Å²) < 4.78 is 0. The van der Waals surface area contributed by atoms with Crippen LogP contribution in [-0.2, 0) is 4.79 Å². The molecule has 1 aliphatic carbocycles. The Hall–Kier alpha value is -1.59. The average molecular weight is 335 g/mol. The molecule has 4 N–H and O–H groups in total. The number of hydrogen-bond donors (Lipinski definition) is 4. The molecule has 4 atom stereocenters. The van der Waals surface area contributed by atoms with Crippen LogP contribution in [0, 0.1) is 17.8 Å². The number of carbonyl (C=O) groups is 1. The summed E-state index contributed by atoms with van der Waals surface area (Å²) in [4.78, 5) is 12.7. The van der Waals surface area contributed by atoms with Crippen molar-refractivity contribution in [2.45, 2.75) is 51.7 Å². The van der Waals surface area contributed by atoms with Crippen molar-refractivity contribution in [1.29, 1.82) is 0 Å². The van der Waals surface area contributed by atoms with Crippen LogP contribution in [-0.4, -0.2) is 33.4 Å². The van der Waals surface area contributed by atoms with Crippen molar-refractivity contribution in [3.05, 3.63) is 29.8 Å². The van der Waals surface area contributed by atoms with E-state index in [1.165, 1.54) is 12.1 Å². The Kier molecular flexibility index (Phi) is 5.88. The van der Waals surface area contributed by atoms with Crippen LogP contribution in [0.15, 0.2) is 24.3 Å². The molecule has 1 aliphatic rings. The summed E-state index contributed by atoms with van der Waals surface area (Å²) in [5, 5.41) is 33.4. The Balaban J connectivity index is 2.04. The molecule has 0 bridgehead atoms. The predicted octanol–water partition coefficient (Wildman–Crippen LogP) is 2.37. The first-order chi connectivity index (χ1) is 11.2. The van der Waals surface area contributed by atoms with E-state index in [-0.39, 0.29) is 24.1 Å². The van der Waals surface area contributed by atoms with Crippen molar-refractivity contribution < 1.29 is 20.1 Å². The number of phenols is 1. The molecular formula is C19H29NO4. The van der Waals surface area contributed by atoms with Crippen LogP contribution >= 0.6 is 0 Å². The second-order valence-electron chi connectivity index (χ2n) is 7.48. The van der Waals surface area contributed by atoms with Gasteiger partial charge in [0.15, 0.2) is 0 Å². The molecule has 1 amide bonds. The first-order valence-corrected chi connectivity index (χ1v) is 8.71. The van der Waals surface area contributed by atoms with Crippen LogP contribution in [0.25, 0.3) is 0 Å². The van der Waals surface area contributed by atoms with Gasteiger partial charge in [-0.05, 0) is 48.3 Å². The van der Waals surface area contributed by atoms with Gasteiger partial charge in [0, 0.05) is 6.54 Å². The van der Waals surface area contributed by atoms with Crippen molar-refractivity contribution in [1.82, 2.24) is 5.32 Å². The van der Waals surface area contributed by atoms with Crippen LogP contribution in [0.5, 0.6) is 5.75 Å². The van der Waals surface area contributed by atoms with Gasteiger partial charge in [-0.2, -0.15) is 0 Å². The summed E-state index contributed by atoms with van der Waals surface area (Å²) in [5.41, 5.74) is -0.857. The molecule has 2 rings (SSSR count). The van der Waals surface area contributed by atoms with Gasteiger partial charge in [0.1, 0.15) is 11.4 Å². The van der Waals surface area contributed by atoms with Gasteiger partial charge in [0.2, 0.25) is 0 Å². The lowest BCUT2D eigenvalue weighted by Crippen LogP contribution is -2.56. The number of benzene rings is 1. The van der Waals surface area contributed by atoms with Crippen LogP contribution in [0.4, 0.5) is 0 Å². The maximum Gasteiger partial charge on any atom is 0.252 e. The molecule has 0 radical (unpaired) electrons. The quantitative estimate of drug-likeness (QED) is 0.665. The fourth-order valence-electron chi connectivity index (χ4n) is 3.83. The Morgan fingerprint density at radius 2 is 2.08 bits per heavy atom. The largest absolute Gasteiger partial charge is 0.508 e. The summed E-state index contributed by atoms with van der Waals surface area (Å²) >= 11 is 0. The maximum atomic E-state index is 12.7. The van der Waals surface area contributed by atoms with Gasteiger partial charge < -0.3 is 20.6 Å². The number of amides is 1. The zero-order valence-corrected chi connectivity index (χ0v) is 14.7. The van der Waals surface area contributed by atoms with Gasteiger partial charge in [0.05, 0.1) is 6.10 Å². The van der Waals surface area contributed by atoms with E-state index in [0.29, 0.717) is 17.9 Å². The SMILES string of the molecule is CC(C)[C@@H]1CC[C@@H](C)C[C@@]1(O)C(=O)NC[C@@H](O)c1cccc(O)c1. The highest BCUT2D eigenvalue weighted by Crippen LogP contribution is 2.41. The number of rotatable bonds is 5. The van der Waals surface area contributed by atoms with Crippen molar-refractivity contribution >= 4 is 5.91 Å². The summed E-state index contributed by atoms with van der Waals surface area (Å²) in [6.45, 7) is 6.11. The van der Waals surface area contributed by atoms with Crippen LogP contribution in [0.2, 0.25) is 0 Å². The van der Waals surface area contributed by atoms with E-state index in [9.17, 15) is 20.1 Å². The van der Waals surface area contributed by atoms with Crippen molar-refractivity contribution in [3.63, 3.8) is 0 Å². The van der Waals surface area contributed by atoms with Gasteiger partial charge >= 0.3 is 0 Å². The fourth-order valence-corrected chi connectivity index (χ4v) is 3.83. The molecule has 0 spiro atoms. The standard InChI is InChI=1S/C19H29NO4/c1-12(2)16-8-7-13(3)10-19(16,24)18(23)20-11-17(22)14-5-4-6-15(21)9-14/h4-6,9,12-13,16-17,21-22,24H,7-8,10-11H2,1-3H3,(H,20,23)/t13-,16+,17-,19+/m1/s1. The molecule has 1 aromatic carbocycles. The van der Waals surface area contributed by atoms with E-state index in [1.807, 2.05) is 13.8 Å². The molecule has 5 nitrogen and oxygen atoms in total. The Bertz CT molecular complexity index is 574. The summed E-state index contributed by atoms with van der Waals surface area (Å²) in [6, 6.07) is 6.31. The number of hydrogen-bond acceptors (Lipinski definition) is 4. The number of carbonyl (C=O) groups excluding carboxylic acids is 1. The monoisotopic (exact) mass is 335 g/mol. The lowest BCUT2D eigenvalue weighted by molar-refractivity contribution is -0.156. The Morgan fingerprint density at radius 3 is 2.71 bits per heavy atom. The van der Waals surface area contributed by atoms with Crippen molar-refractivity contribution in [2.24, 2.45) is 17.8 Å². The summed E-state index contributed by atoms with van der Waals surface area (Å²) in [7, 11) is 0. The van der Waals surface area contributed by atoms with Gasteiger partial charge in [-0.25, -0.2) is 0 Å². The lowest BCUT2D eigenvalue weighted by atomic mass is 9.66. The number of aliphatic hydroxyl groups is 2. The van der Waals surface area contributed by atoms with Gasteiger partial charge in [-0.15, -0.1) is 0 Å². The molecule has 134 valence electrons. The first-order valence-electron chi connectivity index (χ1n) is 8.71. The lowest BCUT2D eigenvalue weighted by Gasteiger charge is -2.43. The average Bonchev–Trinajstić information content (AvgIpc) is 2.51. The van der Waals surface area contributed by atoms with E-state index >= 15 is 0 Å². The summed E-state index contributed by atoms with van der Waals surface area (Å²) in [5.74, 6) is 0.0898. The minimum absolute atomic E-state index is 0.00376. The number of aliphatic hydroxyl groups excluding tert-OH is 1. The van der Waals surface area contributed by atoms with Gasteiger partial charge in [-0.1, -0.05) is 39.3 Å². The fraction of sp³-hybridized carbons (Fsp3) is 0.632. The zero-order chi connectivity index (χ0) is 17.9. The topological polar surface area (TPSA) is 89.8 Å². The molecule has 1 saturated carbocycles. The number of aromatic hydroxyl groups is 1. The van der Waals surface area contributed by atoms with Crippen LogP contribution in [0.3, 0.4) is 0 Å². The smallest absolute Gasteiger partial charge is 0.252 e. The van der Waals surface area contributed by atoms with E-state index in [0.717, 1.165) is 12.8 Å². The van der Waals surface area contributed by atoms with Gasteiger partial charge in [0.25, 0.3) is 5.91 Å². The highest BCUT2D eigenvalue weighted by Gasteiger charge is 2.48. The van der Waals surface area contributed by atoms with Crippen LogP contribution < -0.4 is 5.32 Å². The maximum absolute atomic E-state index is 12.7. The van der Waals surface area contributed by atoms with E-state index in [1.54, 1.807) is 12.1 Å². The molecule has 1 fully saturated rings. The molecule has 0 saturated heterocycles. The molecule has 0 heterocycles. The molecule has 24 heavy (non-hydrogen) atoms. The molecule has 0 unspecified atom stereocenters. The number of nitrogens with one attached hydrogen (secondary N) is 1. The normalized spacial score (nSPS) is 28.6. The summed E-state index contributed by atoms with van der Waals surface area (Å²) in [6.07, 6.45) is 1.37. The molecule has 5 heteroatoms. The van der Waals surface area contributed by atoms with Gasteiger partial charge in [-0.3, -0.25) is 4.79 Å². The highest BCUT2D eigenvalue weighted by molar-refractivity contribution is 5.85. The molecule has 0 aromatic heterocycles. The predicted molar refractivity (Wildman–Crippen MR) is 92.4 cm³/mol. The van der Waals surface area contributed by atoms with E-state index < -0.39 is 17.6 Å². The molecule has 1 aromatic rings. The van der Waals surface area contributed by atoms with Crippen molar-refractivity contribution in [2.75, 3.05) is 6.54 Å². The third-order valence-corrected chi connectivity index (χ3v) is 5.15. The third kappa shape index (κ3) is 4.08. The first kappa shape index (κ1) is 18.7. The zero-order valence-electron chi connectivity index (χ0n) is 14.7. The molecule has 0 aliphatic heterocycles. The Labute approximate surface area is 143 Å². The second-order valence-corrected chi connectivity index (χ2v) is 7.48. The highest BCUT2D eigenvalue weighted by atomic mass is 16.3. The van der Waals surface area contributed by atoms with E-state index in [2.05, 4.69) is 12.2 Å². The van der Waals surface area contributed by atoms with Crippen LogP contribution in [0.1, 0.15) is 51.7 Å². The number of phenolic OH excluding ortho intramolecular Hbond substituents is 1.